The van der Waals surface area contributed by atoms with E-state index in [4.69, 9.17) is 9.84 Å². The first-order valence-corrected chi connectivity index (χ1v) is 6.51. The van der Waals surface area contributed by atoms with E-state index in [-0.39, 0.29) is 6.79 Å². The standard InChI is InChI=1S/C15H22O2/c1-10(2)13-5-4-6-14(15(13)17-9-16)11(3)12-7-8-12/h4-6,10-12,16H,7-9H2,1-3H3/t11-/m1/s1. The summed E-state index contributed by atoms with van der Waals surface area (Å²) in [6.07, 6.45) is 2.65. The maximum Gasteiger partial charge on any atom is 0.186 e. The van der Waals surface area contributed by atoms with Crippen molar-refractivity contribution in [1.82, 2.24) is 0 Å². The predicted octanol–water partition coefficient (Wildman–Crippen LogP) is 3.65. The molecule has 2 nitrogen and oxygen atoms in total. The van der Waals surface area contributed by atoms with Gasteiger partial charge in [-0.15, -0.1) is 0 Å². The van der Waals surface area contributed by atoms with Gasteiger partial charge in [0.05, 0.1) is 0 Å². The van der Waals surface area contributed by atoms with Crippen LogP contribution in [0, 0.1) is 5.92 Å². The van der Waals surface area contributed by atoms with Crippen LogP contribution in [-0.4, -0.2) is 11.9 Å². The van der Waals surface area contributed by atoms with Gasteiger partial charge in [0, 0.05) is 0 Å². The van der Waals surface area contributed by atoms with Crippen molar-refractivity contribution in [2.45, 2.75) is 45.4 Å². The van der Waals surface area contributed by atoms with Crippen LogP contribution in [0.2, 0.25) is 0 Å². The van der Waals surface area contributed by atoms with Gasteiger partial charge in [-0.05, 0) is 41.7 Å². The molecule has 0 unspecified atom stereocenters. The maximum atomic E-state index is 9.06. The zero-order valence-electron chi connectivity index (χ0n) is 10.9. The van der Waals surface area contributed by atoms with Crippen LogP contribution in [0.1, 0.15) is 56.6 Å². The molecule has 1 atom stereocenters. The second kappa shape index (κ2) is 5.09. The second-order valence-corrected chi connectivity index (χ2v) is 5.32. The van der Waals surface area contributed by atoms with Crippen molar-refractivity contribution in [3.63, 3.8) is 0 Å². The van der Waals surface area contributed by atoms with Gasteiger partial charge < -0.3 is 9.84 Å². The third kappa shape index (κ3) is 2.63. The summed E-state index contributed by atoms with van der Waals surface area (Å²) in [5.74, 6) is 2.67. The van der Waals surface area contributed by atoms with Crippen LogP contribution in [0.3, 0.4) is 0 Å². The van der Waals surface area contributed by atoms with Gasteiger partial charge in [0.2, 0.25) is 0 Å². The Labute approximate surface area is 104 Å². The molecule has 17 heavy (non-hydrogen) atoms. The number of benzene rings is 1. The highest BCUT2D eigenvalue weighted by Gasteiger charge is 2.31. The lowest BCUT2D eigenvalue weighted by Gasteiger charge is -2.20. The van der Waals surface area contributed by atoms with Gasteiger partial charge in [0.25, 0.3) is 0 Å². The van der Waals surface area contributed by atoms with Crippen molar-refractivity contribution in [2.24, 2.45) is 5.92 Å². The van der Waals surface area contributed by atoms with Crippen molar-refractivity contribution in [3.05, 3.63) is 29.3 Å². The van der Waals surface area contributed by atoms with Gasteiger partial charge in [-0.1, -0.05) is 39.0 Å². The zero-order chi connectivity index (χ0) is 12.4. The van der Waals surface area contributed by atoms with E-state index >= 15 is 0 Å². The number of rotatable bonds is 5. The molecular formula is C15H22O2. The quantitative estimate of drug-likeness (QED) is 0.788. The highest BCUT2D eigenvalue weighted by molar-refractivity contribution is 5.45. The molecule has 1 saturated carbocycles. The molecule has 1 aliphatic rings. The summed E-state index contributed by atoms with van der Waals surface area (Å²) >= 11 is 0. The molecule has 0 aromatic heterocycles. The van der Waals surface area contributed by atoms with Gasteiger partial charge in [-0.25, -0.2) is 0 Å². The van der Waals surface area contributed by atoms with Crippen LogP contribution in [0.15, 0.2) is 18.2 Å². The van der Waals surface area contributed by atoms with Crippen molar-refractivity contribution in [3.8, 4) is 5.75 Å². The Balaban J connectivity index is 2.38. The largest absolute Gasteiger partial charge is 0.467 e. The third-order valence-electron chi connectivity index (χ3n) is 3.73. The highest BCUT2D eigenvalue weighted by Crippen LogP contribution is 2.46. The number of ether oxygens (including phenoxy) is 1. The molecule has 1 aromatic rings. The number of hydrogen-bond acceptors (Lipinski definition) is 2. The lowest BCUT2D eigenvalue weighted by molar-refractivity contribution is 0.0959. The van der Waals surface area contributed by atoms with Crippen LogP contribution in [0.5, 0.6) is 5.75 Å². The summed E-state index contributed by atoms with van der Waals surface area (Å²) in [6, 6.07) is 6.34. The molecule has 2 rings (SSSR count). The van der Waals surface area contributed by atoms with Crippen molar-refractivity contribution >= 4 is 0 Å². The van der Waals surface area contributed by atoms with E-state index in [0.717, 1.165) is 11.7 Å². The first kappa shape index (κ1) is 12.4. The predicted molar refractivity (Wildman–Crippen MR) is 69.4 cm³/mol. The first-order chi connectivity index (χ1) is 8.15. The molecule has 1 N–H and O–H groups in total. The molecule has 0 bridgehead atoms. The van der Waals surface area contributed by atoms with E-state index in [1.807, 2.05) is 0 Å². The fourth-order valence-corrected chi connectivity index (χ4v) is 2.47. The smallest absolute Gasteiger partial charge is 0.186 e. The minimum absolute atomic E-state index is 0.242. The summed E-state index contributed by atoms with van der Waals surface area (Å²) < 4.78 is 5.48. The van der Waals surface area contributed by atoms with Crippen molar-refractivity contribution in [2.75, 3.05) is 6.79 Å². The maximum absolute atomic E-state index is 9.06. The van der Waals surface area contributed by atoms with E-state index in [2.05, 4.69) is 39.0 Å². The number of hydrogen-bond donors (Lipinski definition) is 1. The van der Waals surface area contributed by atoms with Crippen LogP contribution in [0.4, 0.5) is 0 Å². The molecule has 0 spiro atoms. The van der Waals surface area contributed by atoms with Gasteiger partial charge in [-0.2, -0.15) is 0 Å². The summed E-state index contributed by atoms with van der Waals surface area (Å²) in [5, 5.41) is 9.06. The minimum atomic E-state index is -0.242. The summed E-state index contributed by atoms with van der Waals surface area (Å²) in [6.45, 7) is 6.34. The number of aliphatic hydroxyl groups excluding tert-OH is 1. The average molecular weight is 234 g/mol. The van der Waals surface area contributed by atoms with Crippen LogP contribution in [0.25, 0.3) is 0 Å². The van der Waals surface area contributed by atoms with Crippen LogP contribution >= 0.6 is 0 Å². The number of aliphatic hydroxyl groups is 1. The van der Waals surface area contributed by atoms with E-state index in [1.165, 1.54) is 24.0 Å². The molecule has 1 fully saturated rings. The normalized spacial score (nSPS) is 17.2. The molecule has 0 saturated heterocycles. The summed E-state index contributed by atoms with van der Waals surface area (Å²) in [4.78, 5) is 0. The lowest BCUT2D eigenvalue weighted by Crippen LogP contribution is -2.06. The molecule has 0 amide bonds. The molecule has 0 radical (unpaired) electrons. The topological polar surface area (TPSA) is 29.5 Å². The highest BCUT2D eigenvalue weighted by atomic mass is 16.6. The molecule has 94 valence electrons. The van der Waals surface area contributed by atoms with Gasteiger partial charge in [0.1, 0.15) is 5.75 Å². The van der Waals surface area contributed by atoms with E-state index in [0.29, 0.717) is 11.8 Å². The third-order valence-corrected chi connectivity index (χ3v) is 3.73. The Kier molecular flexibility index (Phi) is 3.72. The fraction of sp³-hybridized carbons (Fsp3) is 0.600. The number of para-hydroxylation sites is 1. The second-order valence-electron chi connectivity index (χ2n) is 5.32. The summed E-state index contributed by atoms with van der Waals surface area (Å²) in [5.41, 5.74) is 2.46. The Morgan fingerprint density at radius 3 is 2.41 bits per heavy atom. The first-order valence-electron chi connectivity index (χ1n) is 6.51. The SMILES string of the molecule is CC(C)c1cccc([C@H](C)C2CC2)c1OCO. The zero-order valence-corrected chi connectivity index (χ0v) is 10.9. The molecule has 0 aliphatic heterocycles. The molecular weight excluding hydrogens is 212 g/mol. The monoisotopic (exact) mass is 234 g/mol. The molecule has 2 heteroatoms. The Bertz CT molecular complexity index is 381. The molecule has 1 aromatic carbocycles. The Morgan fingerprint density at radius 2 is 1.88 bits per heavy atom. The summed E-state index contributed by atoms with van der Waals surface area (Å²) in [7, 11) is 0. The van der Waals surface area contributed by atoms with Crippen molar-refractivity contribution in [1.29, 1.82) is 0 Å². The van der Waals surface area contributed by atoms with E-state index in [1.54, 1.807) is 0 Å². The Morgan fingerprint density at radius 1 is 1.24 bits per heavy atom. The van der Waals surface area contributed by atoms with E-state index < -0.39 is 0 Å². The van der Waals surface area contributed by atoms with Gasteiger partial charge in [0.15, 0.2) is 6.79 Å². The van der Waals surface area contributed by atoms with Crippen LogP contribution < -0.4 is 4.74 Å². The Hall–Kier alpha value is -1.02. The van der Waals surface area contributed by atoms with Crippen molar-refractivity contribution < 1.29 is 9.84 Å². The molecule has 1 aliphatic carbocycles. The minimum Gasteiger partial charge on any atom is -0.467 e. The van der Waals surface area contributed by atoms with Crippen LogP contribution in [-0.2, 0) is 0 Å². The van der Waals surface area contributed by atoms with Gasteiger partial charge >= 0.3 is 0 Å². The average Bonchev–Trinajstić information content (AvgIpc) is 3.12. The van der Waals surface area contributed by atoms with Gasteiger partial charge in [-0.3, -0.25) is 0 Å². The fourth-order valence-electron chi connectivity index (χ4n) is 2.47. The molecule has 0 heterocycles. The van der Waals surface area contributed by atoms with E-state index in [9.17, 15) is 0 Å². The lowest BCUT2D eigenvalue weighted by atomic mass is 9.90.